The first kappa shape index (κ1) is 92.0. The van der Waals surface area contributed by atoms with Gasteiger partial charge in [-0.25, -0.2) is 39.7 Å². The molecule has 21 N–H and O–H groups in total. The number of nitrogen functional groups attached to an aromatic ring is 5. The summed E-state index contributed by atoms with van der Waals surface area (Å²) >= 11 is 59.3. The zero-order valence-corrected chi connectivity index (χ0v) is 70.3. The number of nitro groups is 2. The van der Waals surface area contributed by atoms with Crippen LogP contribution in [0.2, 0.25) is 45.2 Å². The molecule has 0 bridgehead atoms. The predicted molar refractivity (Wildman–Crippen MR) is 492 cm³/mol. The first-order valence-electron chi connectivity index (χ1n) is 34.2. The van der Waals surface area contributed by atoms with Gasteiger partial charge in [0.15, 0.2) is 5.11 Å². The van der Waals surface area contributed by atoms with E-state index in [-0.39, 0.29) is 87.9 Å². The van der Waals surface area contributed by atoms with E-state index in [4.69, 9.17) is 156 Å². The molecule has 7 heterocycles. The topological polar surface area (TPSA) is 617 Å². The number of H-pyrrole nitrogens is 7. The van der Waals surface area contributed by atoms with Crippen molar-refractivity contribution in [1.82, 2.24) is 69.8 Å². The Kier molecular flexibility index (Phi) is 31.0. The van der Waals surface area contributed by atoms with Gasteiger partial charge in [-0.2, -0.15) is 5.26 Å². The van der Waals surface area contributed by atoms with E-state index in [0.717, 1.165) is 11.8 Å². The molecule has 0 unspecified atom stereocenters. The van der Waals surface area contributed by atoms with Gasteiger partial charge in [-0.1, -0.05) is 135 Å². The fourth-order valence-electron chi connectivity index (χ4n) is 10.9. The van der Waals surface area contributed by atoms with E-state index in [9.17, 15) is 53.8 Å². The molecule has 37 nitrogen and oxygen atoms in total. The Hall–Kier alpha value is -14.3. The minimum atomic E-state index is -1.10. The molecule has 7 aromatic heterocycles. The summed E-state index contributed by atoms with van der Waals surface area (Å²) < 4.78 is 0. The highest BCUT2D eigenvalue weighted by Crippen LogP contribution is 2.37. The third kappa shape index (κ3) is 22.1. The lowest BCUT2D eigenvalue weighted by Crippen LogP contribution is -2.21. The van der Waals surface area contributed by atoms with Gasteiger partial charge in [0.05, 0.1) is 198 Å². The zero-order chi connectivity index (χ0) is 89.9. The maximum atomic E-state index is 12.1. The van der Waals surface area contributed by atoms with Gasteiger partial charge in [0.25, 0.3) is 44.7 Å². The summed E-state index contributed by atoms with van der Waals surface area (Å²) in [5, 5.41) is 54.0. The fourth-order valence-corrected chi connectivity index (χ4v) is 13.9. The first-order chi connectivity index (χ1) is 59.2. The summed E-state index contributed by atoms with van der Waals surface area (Å²) in [6.45, 7) is 0. The van der Waals surface area contributed by atoms with Crippen molar-refractivity contribution in [3.63, 3.8) is 0 Å². The van der Waals surface area contributed by atoms with Crippen molar-refractivity contribution in [2.75, 3.05) is 44.6 Å². The summed E-state index contributed by atoms with van der Waals surface area (Å²) in [6, 6.07) is 40.7. The number of hydrogen-bond donors (Lipinski definition) is 16. The Morgan fingerprint density at radius 3 is 1.31 bits per heavy atom. The molecule has 0 atom stereocenters. The van der Waals surface area contributed by atoms with E-state index < -0.39 is 26.9 Å². The largest absolute Gasteiger partial charge is 0.478 e. The van der Waals surface area contributed by atoms with Crippen LogP contribution in [-0.2, 0) is 0 Å². The van der Waals surface area contributed by atoms with Crippen LogP contribution in [0.5, 0.6) is 0 Å². The zero-order valence-electron chi connectivity index (χ0n) is 61.9. The summed E-state index contributed by atoms with van der Waals surface area (Å²) in [5.41, 5.74) is 32.1. The highest BCUT2D eigenvalue weighted by Gasteiger charge is 2.21. The number of halogens is 9. The molecular weight excluding hydrogens is 1840 g/mol. The molecular formula is C76H52Cl9N25O12S2. The second-order valence-electron chi connectivity index (χ2n) is 24.2. The van der Waals surface area contributed by atoms with Crippen LogP contribution in [0.3, 0.4) is 0 Å². The van der Waals surface area contributed by atoms with Crippen LogP contribution < -0.4 is 78.0 Å². The first-order valence-corrected chi connectivity index (χ1v) is 38.8. The number of rotatable bonds is 8. The number of carboxylic acid groups (broad SMARTS) is 1. The number of carbonyl (C=O) groups is 1. The van der Waals surface area contributed by atoms with E-state index in [1.54, 1.807) is 109 Å². The van der Waals surface area contributed by atoms with Crippen LogP contribution in [-0.4, -0.2) is 95.8 Å². The molecule has 0 radical (unpaired) electrons. The number of thioether (sulfide) groups is 1. The Morgan fingerprint density at radius 1 is 0.435 bits per heavy atom. The van der Waals surface area contributed by atoms with Crippen LogP contribution in [0.1, 0.15) is 10.4 Å². The smallest absolute Gasteiger partial charge is 0.339 e. The van der Waals surface area contributed by atoms with Crippen molar-refractivity contribution in [2.24, 2.45) is 0 Å². The van der Waals surface area contributed by atoms with Gasteiger partial charge < -0.3 is 84.6 Å². The van der Waals surface area contributed by atoms with Gasteiger partial charge in [0.1, 0.15) is 27.2 Å². The van der Waals surface area contributed by atoms with Gasteiger partial charge in [-0.3, -0.25) is 49.0 Å². The minimum absolute atomic E-state index is 0.0332. The summed E-state index contributed by atoms with van der Waals surface area (Å²) in [4.78, 5) is 146. The highest BCUT2D eigenvalue weighted by molar-refractivity contribution is 8.04. The molecule has 17 aromatic rings. The average Bonchev–Trinajstić information content (AvgIpc) is 1.60. The molecule has 17 rings (SSSR count). The van der Waals surface area contributed by atoms with Gasteiger partial charge in [0.2, 0.25) is 5.95 Å². The number of carboxylic acids is 1. The predicted octanol–water partition coefficient (Wildman–Crippen LogP) is 16.2. The molecule has 0 aliphatic rings. The van der Waals surface area contributed by atoms with Gasteiger partial charge in [-0.15, -0.1) is 0 Å². The normalized spacial score (nSPS) is 10.4. The number of hydrogen-bond acceptors (Lipinski definition) is 27. The maximum absolute atomic E-state index is 12.1. The Balaban J connectivity index is 0.000000151. The number of thiocyanates is 1. The van der Waals surface area contributed by atoms with Gasteiger partial charge in [0, 0.05) is 17.8 Å². The Bertz CT molecular complexity index is 7270. The van der Waals surface area contributed by atoms with Crippen molar-refractivity contribution < 1.29 is 19.7 Å². The number of nitriles is 1. The highest BCUT2D eigenvalue weighted by atomic mass is 35.5. The SMILES string of the molecule is N#CSc1c(Cl)cccc1Cl.Nc1c(NC(=S)Nc2c(Cl)cccc2Cl)ccc2nc[nH]c(=O)c12.Nc1c([N+](=O)[O-])ccc2nc[nH]c(=O)c12.Nc1ccc2nc[nH]c(=O)c2c1N.Nc1cccc(Cl)c1C(=O)O.O=c1[nH]cnc2ccc([N+](=O)[O-])c(Cl)c12.O=c1[nH]cnc2ccc3[nH]c(Nc4c(Cl)cccc4Cl)nc3c12.O=c1[nH]cnc2cccc(Cl)c12. The van der Waals surface area contributed by atoms with E-state index >= 15 is 0 Å². The summed E-state index contributed by atoms with van der Waals surface area (Å²) in [6.07, 6.45) is 7.82. The van der Waals surface area contributed by atoms with Crippen molar-refractivity contribution in [2.45, 2.75) is 4.90 Å². The van der Waals surface area contributed by atoms with Gasteiger partial charge in [-0.05, 0) is 133 Å². The van der Waals surface area contributed by atoms with Crippen LogP contribution in [0.25, 0.3) is 76.5 Å². The van der Waals surface area contributed by atoms with Crippen LogP contribution in [0.15, 0.2) is 223 Å². The number of nitrogens with zero attached hydrogens (tertiary/aromatic N) is 10. The number of aromatic carboxylic acids is 1. The number of benzene rings is 10. The van der Waals surface area contributed by atoms with E-state index in [0.29, 0.717) is 134 Å². The molecule has 0 amide bonds. The number of aromatic amines is 7. The molecule has 48 heteroatoms. The lowest BCUT2D eigenvalue weighted by atomic mass is 10.2. The fraction of sp³-hybridized carbons (Fsp3) is 0. The number of anilines is 9. The number of imidazole rings is 1. The molecule has 0 saturated carbocycles. The molecule has 0 aliphatic heterocycles. The second-order valence-corrected chi connectivity index (χ2v) is 29.0. The Labute approximate surface area is 745 Å². The summed E-state index contributed by atoms with van der Waals surface area (Å²) in [7, 11) is 0. The van der Waals surface area contributed by atoms with Crippen LogP contribution in [0.4, 0.5) is 62.8 Å². The van der Waals surface area contributed by atoms with Crippen LogP contribution in [0, 0.1) is 30.9 Å². The average molecular weight is 1890 g/mol. The number of nitrogens with one attached hydrogen (secondary N) is 10. The number of fused-ring (bicyclic) bond motifs is 8. The lowest BCUT2D eigenvalue weighted by molar-refractivity contribution is -0.384. The van der Waals surface area contributed by atoms with Crippen LogP contribution >= 0.6 is 128 Å². The molecule has 124 heavy (non-hydrogen) atoms. The number of para-hydroxylation sites is 2. The Morgan fingerprint density at radius 2 is 0.823 bits per heavy atom. The standard InChI is InChI=1S/C15H11Cl2N5OS.C15H9Cl2N5O.C8H4ClN3O3.C8H5ClN2O.C8H6N4O3.C8H8N4O.C7H3Cl2NS.C7H6ClNO2/c16-7-2-1-3-8(17)13(7)22-15(24)21-10-5-4-9-11(12(10)18)14(23)20-6-19-9;16-7-2-1-3-8(17)12(7)21-15-20-10-5-4-9-11(13(10)22-15)14(23)19-6-18-9;9-7-5(12(14)15)2-1-4-6(7)8(13)11-3-10-4;9-5-2-1-3-6-7(5)8(12)11-4-10-6;9-7-5(12(14)15)2-1-4-6(7)8(13)11-3-10-4;9-4-1-2-5-6(7(4)10)8(13)12-3-11-5;8-5-2-1-3-6(9)7(5)11-4-10;8-4-2-1-3-5(9)6(4)7(10)11/h1-6H,18H2,(H,19,20,23)(H2,21,22,24);1-6H,(H,18,19,23)(H2,20,21,22);1-3H,(H,10,11,13);1-4H,(H,10,11,12);1-3H,9H2,(H,10,11,13);1-3H,9-10H2,(H,11,12,13);1-3H;1-3H,9H2,(H,10,11). The lowest BCUT2D eigenvalue weighted by Gasteiger charge is -2.15. The van der Waals surface area contributed by atoms with Gasteiger partial charge >= 0.3 is 5.97 Å². The number of nitro benzene ring substituents is 2. The van der Waals surface area contributed by atoms with E-state index in [1.807, 2.05) is 11.5 Å². The monoisotopic (exact) mass is 1890 g/mol. The maximum Gasteiger partial charge on any atom is 0.339 e. The number of nitrogens with two attached hydrogens (primary N) is 5. The number of thiocarbonyl (C=S) groups is 1. The third-order valence-corrected chi connectivity index (χ3v) is 20.6. The van der Waals surface area contributed by atoms with Crippen molar-refractivity contribution in [3.8, 4) is 5.40 Å². The van der Waals surface area contributed by atoms with E-state index in [1.165, 1.54) is 74.4 Å². The molecule has 0 saturated heterocycles. The summed E-state index contributed by atoms with van der Waals surface area (Å²) in [5.74, 6) is -0.668. The van der Waals surface area contributed by atoms with Crippen molar-refractivity contribution in [3.05, 3.63) is 323 Å². The molecule has 0 fully saturated rings. The van der Waals surface area contributed by atoms with E-state index in [2.05, 4.69) is 85.7 Å². The number of aromatic nitrogens is 14. The third-order valence-electron chi connectivity index (χ3n) is 16.5. The molecule has 10 aromatic carbocycles. The van der Waals surface area contributed by atoms with Crippen molar-refractivity contribution in [1.29, 1.82) is 5.26 Å². The molecule has 0 spiro atoms. The minimum Gasteiger partial charge on any atom is -0.478 e. The molecule has 0 aliphatic carbocycles. The quantitative estimate of drug-likeness (QED) is 0.0168. The molecule has 628 valence electrons. The van der Waals surface area contributed by atoms with Crippen molar-refractivity contribution >= 4 is 279 Å². The second kappa shape index (κ2) is 41.8.